The van der Waals surface area contributed by atoms with E-state index in [1.54, 1.807) is 0 Å². The molecule has 8 aromatic carbocycles. The van der Waals surface area contributed by atoms with Crippen molar-refractivity contribution < 1.29 is 0 Å². The van der Waals surface area contributed by atoms with Crippen LogP contribution in [0.2, 0.25) is 0 Å². The van der Waals surface area contributed by atoms with Crippen LogP contribution in [0.3, 0.4) is 0 Å². The fraction of sp³-hybridized carbons (Fsp3) is 0.120. The fourth-order valence-electron chi connectivity index (χ4n) is 9.52. The molecule has 0 fully saturated rings. The van der Waals surface area contributed by atoms with Crippen molar-refractivity contribution in [2.24, 2.45) is 0 Å². The number of thiophene rings is 1. The average molecular weight is 684 g/mol. The van der Waals surface area contributed by atoms with E-state index in [2.05, 4.69) is 184 Å². The second-order valence-corrected chi connectivity index (χ2v) is 16.8. The van der Waals surface area contributed by atoms with Gasteiger partial charge < -0.3 is 4.90 Å². The first kappa shape index (κ1) is 30.0. The van der Waals surface area contributed by atoms with Gasteiger partial charge in [0, 0.05) is 47.8 Å². The van der Waals surface area contributed by atoms with Gasteiger partial charge in [-0.3, -0.25) is 0 Å². The highest BCUT2D eigenvalue weighted by atomic mass is 32.1. The predicted octanol–water partition coefficient (Wildman–Crippen LogP) is 14.4. The molecule has 0 radical (unpaired) electrons. The van der Waals surface area contributed by atoms with Gasteiger partial charge in [0.25, 0.3) is 0 Å². The van der Waals surface area contributed by atoms with E-state index in [-0.39, 0.29) is 10.8 Å². The Morgan fingerprint density at radius 2 is 1.04 bits per heavy atom. The summed E-state index contributed by atoms with van der Waals surface area (Å²) in [5, 5.41) is 7.88. The van der Waals surface area contributed by atoms with Crippen molar-refractivity contribution in [1.29, 1.82) is 0 Å². The Kier molecular flexibility index (Phi) is 6.02. The Balaban J connectivity index is 1.14. The van der Waals surface area contributed by atoms with E-state index >= 15 is 0 Å². The van der Waals surface area contributed by atoms with Crippen LogP contribution in [0.5, 0.6) is 0 Å². The summed E-state index contributed by atoms with van der Waals surface area (Å²) in [5.74, 6) is 0. The topological polar surface area (TPSA) is 3.24 Å². The lowest BCUT2D eigenvalue weighted by Crippen LogP contribution is -2.18. The van der Waals surface area contributed by atoms with E-state index in [1.165, 1.54) is 97.6 Å². The second-order valence-electron chi connectivity index (χ2n) is 15.8. The molecule has 9 aromatic rings. The molecule has 2 heteroatoms. The SMILES string of the molecule is CC1(C)c2cc(N(c3ccccc3)c3cc4c(c5ccccc35)-c3cc5ccccc5cc3C4(C)C)ccc2-c2cc3sc4ccccc4c3cc21. The highest BCUT2D eigenvalue weighted by Crippen LogP contribution is 2.57. The number of rotatable bonds is 3. The van der Waals surface area contributed by atoms with Crippen molar-refractivity contribution in [2.45, 2.75) is 38.5 Å². The first-order chi connectivity index (χ1) is 25.3. The molecular weight excluding hydrogens is 647 g/mol. The predicted molar refractivity (Wildman–Crippen MR) is 224 cm³/mol. The molecule has 52 heavy (non-hydrogen) atoms. The third kappa shape index (κ3) is 3.99. The minimum Gasteiger partial charge on any atom is -0.310 e. The molecule has 0 aliphatic heterocycles. The monoisotopic (exact) mass is 683 g/mol. The molecule has 2 aliphatic rings. The van der Waals surface area contributed by atoms with Crippen molar-refractivity contribution in [2.75, 3.05) is 4.90 Å². The molecule has 248 valence electrons. The lowest BCUT2D eigenvalue weighted by molar-refractivity contribution is 0.661. The zero-order valence-corrected chi connectivity index (χ0v) is 30.6. The Morgan fingerprint density at radius 3 is 1.85 bits per heavy atom. The lowest BCUT2D eigenvalue weighted by atomic mass is 9.81. The maximum atomic E-state index is 2.50. The minimum atomic E-state index is -0.158. The van der Waals surface area contributed by atoms with Gasteiger partial charge in [0.15, 0.2) is 0 Å². The zero-order chi connectivity index (χ0) is 34.9. The van der Waals surface area contributed by atoms with Crippen LogP contribution in [0.25, 0.3) is 64.0 Å². The number of anilines is 3. The van der Waals surface area contributed by atoms with Crippen LogP contribution in [0.4, 0.5) is 17.1 Å². The summed E-state index contributed by atoms with van der Waals surface area (Å²) in [5.41, 5.74) is 14.3. The first-order valence-corrected chi connectivity index (χ1v) is 19.2. The van der Waals surface area contributed by atoms with Crippen LogP contribution in [-0.4, -0.2) is 0 Å². The summed E-state index contributed by atoms with van der Waals surface area (Å²) in [6.45, 7) is 9.62. The molecule has 0 atom stereocenters. The van der Waals surface area contributed by atoms with Gasteiger partial charge in [0.05, 0.1) is 5.69 Å². The van der Waals surface area contributed by atoms with Crippen molar-refractivity contribution in [3.63, 3.8) is 0 Å². The van der Waals surface area contributed by atoms with Gasteiger partial charge in [0.1, 0.15) is 0 Å². The van der Waals surface area contributed by atoms with Crippen LogP contribution in [0, 0.1) is 0 Å². The number of hydrogen-bond acceptors (Lipinski definition) is 2. The summed E-state index contributed by atoms with van der Waals surface area (Å²) < 4.78 is 2.72. The van der Waals surface area contributed by atoms with Crippen molar-refractivity contribution in [3.8, 4) is 22.3 Å². The summed E-state index contributed by atoms with van der Waals surface area (Å²) >= 11 is 1.90. The first-order valence-electron chi connectivity index (χ1n) is 18.3. The molecule has 1 nitrogen and oxygen atoms in total. The van der Waals surface area contributed by atoms with Gasteiger partial charge in [-0.1, -0.05) is 119 Å². The molecular formula is C50H37NS. The van der Waals surface area contributed by atoms with Gasteiger partial charge in [-0.25, -0.2) is 0 Å². The Hall–Kier alpha value is -5.70. The van der Waals surface area contributed by atoms with Crippen LogP contribution in [-0.2, 0) is 10.8 Å². The summed E-state index contributed by atoms with van der Waals surface area (Å²) in [4.78, 5) is 2.50. The number of benzene rings is 8. The van der Waals surface area contributed by atoms with Crippen LogP contribution < -0.4 is 4.90 Å². The maximum absolute atomic E-state index is 2.50. The van der Waals surface area contributed by atoms with E-state index in [1.807, 2.05) is 11.3 Å². The van der Waals surface area contributed by atoms with Gasteiger partial charge in [-0.15, -0.1) is 11.3 Å². The normalized spacial score (nSPS) is 14.8. The van der Waals surface area contributed by atoms with Crippen molar-refractivity contribution >= 4 is 70.1 Å². The molecule has 0 saturated heterocycles. The van der Waals surface area contributed by atoms with Crippen molar-refractivity contribution in [3.05, 3.63) is 174 Å². The number of hydrogen-bond donors (Lipinski definition) is 0. The van der Waals surface area contributed by atoms with Gasteiger partial charge >= 0.3 is 0 Å². The molecule has 0 unspecified atom stereocenters. The smallest absolute Gasteiger partial charge is 0.0543 e. The molecule has 1 heterocycles. The Morgan fingerprint density at radius 1 is 0.404 bits per heavy atom. The number of nitrogens with zero attached hydrogens (tertiary/aromatic N) is 1. The highest BCUT2D eigenvalue weighted by molar-refractivity contribution is 7.25. The molecule has 2 aliphatic carbocycles. The molecule has 0 saturated carbocycles. The third-order valence-corrected chi connectivity index (χ3v) is 13.3. The van der Waals surface area contributed by atoms with Gasteiger partial charge in [0.2, 0.25) is 0 Å². The molecule has 0 amide bonds. The number of fused-ring (bicyclic) bond motifs is 12. The highest BCUT2D eigenvalue weighted by Gasteiger charge is 2.39. The van der Waals surface area contributed by atoms with E-state index in [0.29, 0.717) is 0 Å². The minimum absolute atomic E-state index is 0.147. The van der Waals surface area contributed by atoms with Crippen LogP contribution in [0.15, 0.2) is 152 Å². The molecule has 11 rings (SSSR count). The van der Waals surface area contributed by atoms with Gasteiger partial charge in [-0.2, -0.15) is 0 Å². The molecule has 0 bridgehead atoms. The molecule has 0 spiro atoms. The average Bonchev–Trinajstić information content (AvgIpc) is 3.72. The maximum Gasteiger partial charge on any atom is 0.0543 e. The third-order valence-electron chi connectivity index (χ3n) is 12.2. The van der Waals surface area contributed by atoms with Crippen molar-refractivity contribution in [1.82, 2.24) is 0 Å². The fourth-order valence-corrected chi connectivity index (χ4v) is 10.6. The van der Waals surface area contributed by atoms with E-state index in [4.69, 9.17) is 0 Å². The molecule has 1 aromatic heterocycles. The van der Waals surface area contributed by atoms with Crippen LogP contribution >= 0.6 is 11.3 Å². The lowest BCUT2D eigenvalue weighted by Gasteiger charge is -2.31. The van der Waals surface area contributed by atoms with Gasteiger partial charge in [-0.05, 0) is 121 Å². The van der Waals surface area contributed by atoms with E-state index in [9.17, 15) is 0 Å². The standard InChI is InChI=1S/C50H37NS/c1-49(2)42-26-33(22-23-34(42)38-28-47-39(27-43(38)49)36-19-12-13-21-46(36)52-47)51(32-16-6-5-7-17-32)45-29-44-48(37-20-11-10-18-35(37)45)40-24-30-14-8-9-15-31(30)25-41(40)50(44,3)4/h5-29H,1-4H3. The summed E-state index contributed by atoms with van der Waals surface area (Å²) in [6, 6.07) is 57.1. The quantitative estimate of drug-likeness (QED) is 0.179. The van der Waals surface area contributed by atoms with E-state index in [0.717, 1.165) is 5.69 Å². The Labute approximate surface area is 308 Å². The summed E-state index contributed by atoms with van der Waals surface area (Å²) in [6.07, 6.45) is 0. The summed E-state index contributed by atoms with van der Waals surface area (Å²) in [7, 11) is 0. The van der Waals surface area contributed by atoms with Crippen LogP contribution in [0.1, 0.15) is 49.9 Å². The second kappa shape index (κ2) is 10.4. The zero-order valence-electron chi connectivity index (χ0n) is 29.8. The molecule has 0 N–H and O–H groups in total. The largest absolute Gasteiger partial charge is 0.310 e. The van der Waals surface area contributed by atoms with E-state index < -0.39 is 0 Å². The Bertz CT molecular complexity index is 2960. The number of para-hydroxylation sites is 1.